The molecule has 1 unspecified atom stereocenters. The van der Waals surface area contributed by atoms with Crippen LogP contribution in [0.5, 0.6) is 5.75 Å². The number of phenols is 1. The normalized spacial score (nSPS) is 20.6. The average molecular weight is 248 g/mol. The Kier molecular flexibility index (Phi) is 4.20. The molecule has 1 atom stereocenters. The van der Waals surface area contributed by atoms with E-state index in [-0.39, 0.29) is 17.7 Å². The molecule has 4 heteroatoms. The summed E-state index contributed by atoms with van der Waals surface area (Å²) in [6, 6.07) is 7.11. The lowest BCUT2D eigenvalue weighted by Crippen LogP contribution is -2.46. The SMILES string of the molecule is CN1CCCC(NC(=O)Cc2cccc(O)c2)C1. The van der Waals surface area contributed by atoms with Crippen molar-refractivity contribution in [2.75, 3.05) is 20.1 Å². The van der Waals surface area contributed by atoms with Crippen LogP contribution in [0.15, 0.2) is 24.3 Å². The van der Waals surface area contributed by atoms with Crippen LogP contribution in [0.3, 0.4) is 0 Å². The Morgan fingerprint density at radius 3 is 3.11 bits per heavy atom. The van der Waals surface area contributed by atoms with E-state index >= 15 is 0 Å². The van der Waals surface area contributed by atoms with Gasteiger partial charge in [0.2, 0.25) is 5.91 Å². The molecule has 1 aromatic rings. The lowest BCUT2D eigenvalue weighted by molar-refractivity contribution is -0.121. The molecular formula is C14H20N2O2. The molecule has 1 saturated heterocycles. The molecule has 98 valence electrons. The van der Waals surface area contributed by atoms with E-state index in [2.05, 4.69) is 17.3 Å². The molecule has 2 N–H and O–H groups in total. The van der Waals surface area contributed by atoms with Gasteiger partial charge in [-0.05, 0) is 44.1 Å². The van der Waals surface area contributed by atoms with E-state index in [1.54, 1.807) is 18.2 Å². The van der Waals surface area contributed by atoms with Crippen molar-refractivity contribution in [3.05, 3.63) is 29.8 Å². The van der Waals surface area contributed by atoms with Crippen molar-refractivity contribution < 1.29 is 9.90 Å². The number of benzene rings is 1. The number of carbonyl (C=O) groups excluding carboxylic acids is 1. The summed E-state index contributed by atoms with van der Waals surface area (Å²) in [5.74, 6) is 0.235. The molecule has 0 bridgehead atoms. The van der Waals surface area contributed by atoms with Gasteiger partial charge in [-0.3, -0.25) is 4.79 Å². The minimum absolute atomic E-state index is 0.0286. The number of likely N-dealkylation sites (N-methyl/N-ethyl adjacent to an activating group) is 1. The Morgan fingerprint density at radius 1 is 1.56 bits per heavy atom. The third-order valence-electron chi connectivity index (χ3n) is 3.26. The minimum Gasteiger partial charge on any atom is -0.508 e. The number of hydrogen-bond donors (Lipinski definition) is 2. The topological polar surface area (TPSA) is 52.6 Å². The van der Waals surface area contributed by atoms with Crippen molar-refractivity contribution in [2.24, 2.45) is 0 Å². The maximum Gasteiger partial charge on any atom is 0.224 e. The van der Waals surface area contributed by atoms with E-state index in [0.717, 1.165) is 31.5 Å². The number of hydrogen-bond acceptors (Lipinski definition) is 3. The van der Waals surface area contributed by atoms with Crippen LogP contribution in [-0.4, -0.2) is 42.1 Å². The van der Waals surface area contributed by atoms with Gasteiger partial charge in [-0.15, -0.1) is 0 Å². The molecule has 2 rings (SSSR count). The number of phenolic OH excluding ortho intramolecular Hbond substituents is 1. The molecule has 4 nitrogen and oxygen atoms in total. The fourth-order valence-corrected chi connectivity index (χ4v) is 2.41. The predicted octanol–water partition coefficient (Wildman–Crippen LogP) is 1.15. The summed E-state index contributed by atoms with van der Waals surface area (Å²) in [5, 5.41) is 12.4. The molecular weight excluding hydrogens is 228 g/mol. The molecule has 1 aliphatic heterocycles. The molecule has 1 heterocycles. The number of aromatic hydroxyl groups is 1. The molecule has 1 amide bonds. The summed E-state index contributed by atoms with van der Waals surface area (Å²) in [5.41, 5.74) is 0.844. The van der Waals surface area contributed by atoms with Crippen molar-refractivity contribution in [1.29, 1.82) is 0 Å². The molecule has 1 aromatic carbocycles. The van der Waals surface area contributed by atoms with Crippen LogP contribution >= 0.6 is 0 Å². The molecule has 0 radical (unpaired) electrons. The van der Waals surface area contributed by atoms with Gasteiger partial charge in [0.25, 0.3) is 0 Å². The molecule has 0 aliphatic carbocycles. The molecule has 1 aliphatic rings. The Balaban J connectivity index is 1.85. The van der Waals surface area contributed by atoms with E-state index in [4.69, 9.17) is 0 Å². The molecule has 0 aromatic heterocycles. The van der Waals surface area contributed by atoms with Gasteiger partial charge < -0.3 is 15.3 Å². The van der Waals surface area contributed by atoms with Crippen molar-refractivity contribution in [2.45, 2.75) is 25.3 Å². The molecule has 0 saturated carbocycles. The van der Waals surface area contributed by atoms with Gasteiger partial charge in [-0.1, -0.05) is 12.1 Å². The van der Waals surface area contributed by atoms with E-state index < -0.39 is 0 Å². The lowest BCUT2D eigenvalue weighted by atomic mass is 10.1. The minimum atomic E-state index is 0.0286. The van der Waals surface area contributed by atoms with Gasteiger partial charge in [-0.25, -0.2) is 0 Å². The number of likely N-dealkylation sites (tertiary alicyclic amines) is 1. The largest absolute Gasteiger partial charge is 0.508 e. The maximum atomic E-state index is 11.9. The van der Waals surface area contributed by atoms with E-state index in [9.17, 15) is 9.90 Å². The first kappa shape index (κ1) is 12.9. The van der Waals surface area contributed by atoms with Crippen LogP contribution in [0.25, 0.3) is 0 Å². The second kappa shape index (κ2) is 5.87. The van der Waals surface area contributed by atoms with E-state index in [0.29, 0.717) is 6.42 Å². The van der Waals surface area contributed by atoms with Crippen LogP contribution in [-0.2, 0) is 11.2 Å². The molecule has 1 fully saturated rings. The number of amides is 1. The molecule has 0 spiro atoms. The van der Waals surface area contributed by atoms with Crippen LogP contribution < -0.4 is 5.32 Å². The highest BCUT2D eigenvalue weighted by Crippen LogP contribution is 2.12. The van der Waals surface area contributed by atoms with Crippen molar-refractivity contribution >= 4 is 5.91 Å². The summed E-state index contributed by atoms with van der Waals surface area (Å²) in [6.45, 7) is 2.03. The van der Waals surface area contributed by atoms with Gasteiger partial charge in [0.1, 0.15) is 5.75 Å². The van der Waals surface area contributed by atoms with Crippen molar-refractivity contribution in [3.8, 4) is 5.75 Å². The van der Waals surface area contributed by atoms with Gasteiger partial charge in [-0.2, -0.15) is 0 Å². The van der Waals surface area contributed by atoms with Gasteiger partial charge in [0.05, 0.1) is 6.42 Å². The second-order valence-corrected chi connectivity index (χ2v) is 5.02. The van der Waals surface area contributed by atoms with Gasteiger partial charge in [0.15, 0.2) is 0 Å². The molecule has 18 heavy (non-hydrogen) atoms. The first-order valence-corrected chi connectivity index (χ1v) is 6.39. The van der Waals surface area contributed by atoms with Crippen LogP contribution in [0.1, 0.15) is 18.4 Å². The summed E-state index contributed by atoms with van der Waals surface area (Å²) in [4.78, 5) is 14.1. The Morgan fingerprint density at radius 2 is 2.39 bits per heavy atom. The third kappa shape index (κ3) is 3.74. The zero-order valence-electron chi connectivity index (χ0n) is 10.7. The predicted molar refractivity (Wildman–Crippen MR) is 70.5 cm³/mol. The summed E-state index contributed by atoms with van der Waals surface area (Å²) in [7, 11) is 2.08. The Hall–Kier alpha value is -1.55. The Bertz CT molecular complexity index is 420. The van der Waals surface area contributed by atoms with E-state index in [1.807, 2.05) is 6.07 Å². The number of carbonyl (C=O) groups is 1. The number of piperidine rings is 1. The van der Waals surface area contributed by atoms with Gasteiger partial charge >= 0.3 is 0 Å². The monoisotopic (exact) mass is 248 g/mol. The van der Waals surface area contributed by atoms with Crippen molar-refractivity contribution in [1.82, 2.24) is 10.2 Å². The summed E-state index contributed by atoms with van der Waals surface area (Å²) < 4.78 is 0. The second-order valence-electron chi connectivity index (χ2n) is 5.02. The zero-order valence-corrected chi connectivity index (χ0v) is 10.7. The van der Waals surface area contributed by atoms with Crippen molar-refractivity contribution in [3.63, 3.8) is 0 Å². The quantitative estimate of drug-likeness (QED) is 0.843. The fourth-order valence-electron chi connectivity index (χ4n) is 2.41. The van der Waals surface area contributed by atoms with Crippen LogP contribution in [0.2, 0.25) is 0 Å². The zero-order chi connectivity index (χ0) is 13.0. The maximum absolute atomic E-state index is 11.9. The number of nitrogens with zero attached hydrogens (tertiary/aromatic N) is 1. The third-order valence-corrected chi connectivity index (χ3v) is 3.26. The lowest BCUT2D eigenvalue weighted by Gasteiger charge is -2.30. The Labute approximate surface area is 108 Å². The van der Waals surface area contributed by atoms with Gasteiger partial charge in [0, 0.05) is 12.6 Å². The smallest absolute Gasteiger partial charge is 0.224 e. The fraction of sp³-hybridized carbons (Fsp3) is 0.500. The number of rotatable bonds is 3. The first-order chi connectivity index (χ1) is 8.63. The highest BCUT2D eigenvalue weighted by molar-refractivity contribution is 5.79. The number of nitrogens with one attached hydrogen (secondary N) is 1. The highest BCUT2D eigenvalue weighted by Gasteiger charge is 2.18. The first-order valence-electron chi connectivity index (χ1n) is 6.39. The average Bonchev–Trinajstić information content (AvgIpc) is 2.28. The van der Waals surface area contributed by atoms with Crippen LogP contribution in [0, 0.1) is 0 Å². The summed E-state index contributed by atoms with van der Waals surface area (Å²) >= 11 is 0. The van der Waals surface area contributed by atoms with Crippen LogP contribution in [0.4, 0.5) is 0 Å². The highest BCUT2D eigenvalue weighted by atomic mass is 16.3. The standard InChI is InChI=1S/C14H20N2O2/c1-16-7-3-5-12(10-16)15-14(18)9-11-4-2-6-13(17)8-11/h2,4,6,8,12,17H,3,5,7,9-10H2,1H3,(H,15,18). The summed E-state index contributed by atoms with van der Waals surface area (Å²) in [6.07, 6.45) is 2.51. The van der Waals surface area contributed by atoms with E-state index in [1.165, 1.54) is 0 Å².